The molecule has 0 saturated heterocycles. The Hall–Kier alpha value is -5.71. The molecular formula is C46H40N2O2. The summed E-state index contributed by atoms with van der Waals surface area (Å²) in [5.74, 6) is 2.53. The second-order valence-corrected chi connectivity index (χ2v) is 13.0. The molecule has 0 bridgehead atoms. The van der Waals surface area contributed by atoms with Crippen LogP contribution in [0.5, 0.6) is 5.75 Å². The van der Waals surface area contributed by atoms with Crippen molar-refractivity contribution in [2.45, 2.75) is 31.8 Å². The van der Waals surface area contributed by atoms with Gasteiger partial charge >= 0.3 is 0 Å². The molecule has 246 valence electrons. The number of benzene rings is 7. The quantitative estimate of drug-likeness (QED) is 0.168. The van der Waals surface area contributed by atoms with Gasteiger partial charge in [-0.05, 0) is 70.4 Å². The topological polar surface area (TPSA) is 38.5 Å². The van der Waals surface area contributed by atoms with Crippen LogP contribution < -0.4 is 4.74 Å². The number of nitrogens with zero attached hydrogens (tertiary/aromatic N) is 2. The summed E-state index contributed by atoms with van der Waals surface area (Å²) in [4.78, 5) is 7.44. The predicted octanol–water partition coefficient (Wildman–Crippen LogP) is 11.7. The standard InChI is InChI=1S/C35H30N2O.C11H10O/c1-37(23-33-36-34(25-12-4-2-5-13-25)35(38-33)26-14-6-3-7-15-26)32-18-10-17-28-30-20-19-24-11-8-9-16-27(24)29(30)21-22-31(28)32;1-12-11-8-4-6-9-5-2-3-7-10(9)11/h2-9,11-16,19-22,32H,10,17-18,23H2,1H3;2-8H,1H3. The van der Waals surface area contributed by atoms with Crippen molar-refractivity contribution in [1.82, 2.24) is 9.88 Å². The third-order valence-electron chi connectivity index (χ3n) is 9.98. The van der Waals surface area contributed by atoms with E-state index in [0.717, 1.165) is 47.1 Å². The molecule has 4 nitrogen and oxygen atoms in total. The molecule has 1 aliphatic carbocycles. The van der Waals surface area contributed by atoms with Gasteiger partial charge in [-0.3, -0.25) is 4.90 Å². The Morgan fingerprint density at radius 2 is 1.28 bits per heavy atom. The smallest absolute Gasteiger partial charge is 0.209 e. The maximum atomic E-state index is 6.47. The Kier molecular flexibility index (Phi) is 8.85. The third kappa shape index (κ3) is 6.15. The normalized spacial score (nSPS) is 14.0. The molecule has 1 aliphatic rings. The zero-order chi connectivity index (χ0) is 33.9. The van der Waals surface area contributed by atoms with E-state index in [9.17, 15) is 0 Å². The Balaban J connectivity index is 0.000000254. The van der Waals surface area contributed by atoms with Crippen molar-refractivity contribution in [3.8, 4) is 28.3 Å². The first kappa shape index (κ1) is 31.6. The van der Waals surface area contributed by atoms with Gasteiger partial charge in [-0.2, -0.15) is 0 Å². The van der Waals surface area contributed by atoms with Gasteiger partial charge < -0.3 is 9.15 Å². The molecule has 4 heteroatoms. The molecule has 7 aromatic carbocycles. The first-order chi connectivity index (χ1) is 24.7. The summed E-state index contributed by atoms with van der Waals surface area (Å²) in [6, 6.07) is 53.2. The SMILES string of the molecule is CN(Cc1nc(-c2ccccc2)c(-c2ccccc2)o1)C1CCCc2c1ccc1c2ccc2ccccc21.COc1cccc2ccccc12. The van der Waals surface area contributed by atoms with Gasteiger partial charge in [-0.25, -0.2) is 4.98 Å². The molecule has 0 saturated carbocycles. The highest BCUT2D eigenvalue weighted by atomic mass is 16.5. The van der Waals surface area contributed by atoms with Crippen LogP contribution >= 0.6 is 0 Å². The maximum Gasteiger partial charge on any atom is 0.209 e. The van der Waals surface area contributed by atoms with Crippen molar-refractivity contribution < 1.29 is 9.15 Å². The van der Waals surface area contributed by atoms with Crippen molar-refractivity contribution in [3.63, 3.8) is 0 Å². The Bertz CT molecular complexity index is 2340. The number of fused-ring (bicyclic) bond motifs is 6. The lowest BCUT2D eigenvalue weighted by molar-refractivity contribution is 0.195. The summed E-state index contributed by atoms with van der Waals surface area (Å²) < 4.78 is 11.7. The van der Waals surface area contributed by atoms with Crippen LogP contribution in [-0.4, -0.2) is 24.0 Å². The minimum absolute atomic E-state index is 0.335. The number of aromatic nitrogens is 1. The fourth-order valence-electron chi connectivity index (χ4n) is 7.55. The van der Waals surface area contributed by atoms with Gasteiger partial charge in [0.1, 0.15) is 11.4 Å². The average molecular weight is 653 g/mol. The predicted molar refractivity (Wildman–Crippen MR) is 206 cm³/mol. The van der Waals surface area contributed by atoms with Crippen LogP contribution in [0, 0.1) is 0 Å². The fraction of sp³-hybridized carbons (Fsp3) is 0.152. The van der Waals surface area contributed by atoms with E-state index in [1.165, 1.54) is 49.9 Å². The Morgan fingerprint density at radius 1 is 0.640 bits per heavy atom. The van der Waals surface area contributed by atoms with E-state index in [1.807, 2.05) is 48.5 Å². The minimum atomic E-state index is 0.335. The molecule has 0 amide bonds. The molecule has 0 N–H and O–H groups in total. The maximum absolute atomic E-state index is 6.47. The van der Waals surface area contributed by atoms with Crippen molar-refractivity contribution >= 4 is 32.3 Å². The van der Waals surface area contributed by atoms with E-state index in [4.69, 9.17) is 14.1 Å². The lowest BCUT2D eigenvalue weighted by Gasteiger charge is -2.33. The van der Waals surface area contributed by atoms with E-state index in [1.54, 1.807) is 7.11 Å². The highest BCUT2D eigenvalue weighted by Gasteiger charge is 2.27. The third-order valence-corrected chi connectivity index (χ3v) is 9.98. The van der Waals surface area contributed by atoms with E-state index in [2.05, 4.69) is 115 Å². The fourth-order valence-corrected chi connectivity index (χ4v) is 7.55. The molecule has 0 spiro atoms. The van der Waals surface area contributed by atoms with Gasteiger partial charge in [-0.1, -0.05) is 146 Å². The van der Waals surface area contributed by atoms with Gasteiger partial charge in [0.05, 0.1) is 13.7 Å². The Morgan fingerprint density at radius 3 is 2.04 bits per heavy atom. The van der Waals surface area contributed by atoms with Crippen LogP contribution in [0.3, 0.4) is 0 Å². The summed E-state index contributed by atoms with van der Waals surface area (Å²) in [6.07, 6.45) is 3.45. The molecule has 9 rings (SSSR count). The van der Waals surface area contributed by atoms with E-state index >= 15 is 0 Å². The van der Waals surface area contributed by atoms with Gasteiger partial charge in [0.25, 0.3) is 0 Å². The van der Waals surface area contributed by atoms with Crippen molar-refractivity contribution in [2.75, 3.05) is 14.2 Å². The largest absolute Gasteiger partial charge is 0.496 e. The van der Waals surface area contributed by atoms with E-state index in [-0.39, 0.29) is 0 Å². The zero-order valence-corrected chi connectivity index (χ0v) is 28.6. The van der Waals surface area contributed by atoms with Crippen molar-refractivity contribution in [1.29, 1.82) is 0 Å². The van der Waals surface area contributed by atoms with Crippen LogP contribution in [0.4, 0.5) is 0 Å². The molecule has 0 aliphatic heterocycles. The summed E-state index contributed by atoms with van der Waals surface area (Å²) >= 11 is 0. The highest BCUT2D eigenvalue weighted by molar-refractivity contribution is 6.08. The van der Waals surface area contributed by atoms with Gasteiger partial charge in [0.15, 0.2) is 5.76 Å². The van der Waals surface area contributed by atoms with Crippen molar-refractivity contribution in [2.24, 2.45) is 0 Å². The molecule has 0 radical (unpaired) electrons. The minimum Gasteiger partial charge on any atom is -0.496 e. The second-order valence-electron chi connectivity index (χ2n) is 13.0. The molecular weight excluding hydrogens is 613 g/mol. The number of ether oxygens (including phenoxy) is 1. The van der Waals surface area contributed by atoms with Crippen LogP contribution in [0.1, 0.15) is 35.9 Å². The summed E-state index contributed by atoms with van der Waals surface area (Å²) in [7, 11) is 3.90. The molecule has 8 aromatic rings. The van der Waals surface area contributed by atoms with Crippen LogP contribution in [-0.2, 0) is 13.0 Å². The molecule has 0 fully saturated rings. The number of hydrogen-bond acceptors (Lipinski definition) is 4. The first-order valence-electron chi connectivity index (χ1n) is 17.4. The number of methoxy groups -OCH3 is 1. The molecule has 50 heavy (non-hydrogen) atoms. The lowest BCUT2D eigenvalue weighted by Crippen LogP contribution is -2.27. The first-order valence-corrected chi connectivity index (χ1v) is 17.4. The lowest BCUT2D eigenvalue weighted by atomic mass is 9.83. The number of rotatable bonds is 6. The van der Waals surface area contributed by atoms with Crippen LogP contribution in [0.25, 0.3) is 54.9 Å². The van der Waals surface area contributed by atoms with Gasteiger partial charge in [0, 0.05) is 22.6 Å². The summed E-state index contributed by atoms with van der Waals surface area (Å²) in [6.45, 7) is 0.659. The van der Waals surface area contributed by atoms with Crippen LogP contribution in [0.15, 0.2) is 156 Å². The molecule has 1 heterocycles. The zero-order valence-electron chi connectivity index (χ0n) is 28.6. The highest BCUT2D eigenvalue weighted by Crippen LogP contribution is 2.40. The summed E-state index contributed by atoms with van der Waals surface area (Å²) in [5, 5.41) is 7.78. The average Bonchev–Trinajstić information content (AvgIpc) is 3.61. The number of hydrogen-bond donors (Lipinski definition) is 0. The van der Waals surface area contributed by atoms with E-state index < -0.39 is 0 Å². The number of oxazole rings is 1. The Labute approximate surface area is 293 Å². The van der Waals surface area contributed by atoms with Crippen molar-refractivity contribution in [3.05, 3.63) is 169 Å². The molecule has 1 atom stereocenters. The molecule has 1 aromatic heterocycles. The van der Waals surface area contributed by atoms with E-state index in [0.29, 0.717) is 12.6 Å². The van der Waals surface area contributed by atoms with Gasteiger partial charge in [-0.15, -0.1) is 0 Å². The van der Waals surface area contributed by atoms with Gasteiger partial charge in [0.2, 0.25) is 5.89 Å². The molecule has 1 unspecified atom stereocenters. The monoisotopic (exact) mass is 652 g/mol. The second kappa shape index (κ2) is 14.0. The number of aryl methyl sites for hydroxylation is 1. The van der Waals surface area contributed by atoms with Crippen LogP contribution in [0.2, 0.25) is 0 Å². The summed E-state index contributed by atoms with van der Waals surface area (Å²) in [5.41, 5.74) is 5.97.